The minimum Gasteiger partial charge on any atom is -0.372 e. The zero-order chi connectivity index (χ0) is 18.6. The van der Waals surface area contributed by atoms with E-state index in [0.717, 1.165) is 46.0 Å². The van der Waals surface area contributed by atoms with Crippen molar-refractivity contribution in [1.29, 1.82) is 5.26 Å². The Morgan fingerprint density at radius 3 is 2.67 bits per heavy atom. The highest BCUT2D eigenvalue weighted by atomic mass is 19.1. The largest absolute Gasteiger partial charge is 0.372 e. The zero-order valence-corrected chi connectivity index (χ0v) is 14.6. The summed E-state index contributed by atoms with van der Waals surface area (Å²) in [6, 6.07) is 16.3. The Bertz CT molecular complexity index is 1090. The number of aliphatic imine (C=N–C) groups is 1. The summed E-state index contributed by atoms with van der Waals surface area (Å²) in [4.78, 5) is 8.68. The van der Waals surface area contributed by atoms with E-state index in [1.165, 1.54) is 12.1 Å². The van der Waals surface area contributed by atoms with Gasteiger partial charge in [-0.2, -0.15) is 5.26 Å². The predicted molar refractivity (Wildman–Crippen MR) is 105 cm³/mol. The number of aromatic nitrogens is 1. The molecule has 1 N–H and O–H groups in total. The monoisotopic (exact) mass is 356 g/mol. The summed E-state index contributed by atoms with van der Waals surface area (Å²) in [7, 11) is 0. The van der Waals surface area contributed by atoms with Crippen LogP contribution in [0.4, 0.5) is 4.39 Å². The molecular weight excluding hydrogens is 339 g/mol. The van der Waals surface area contributed by atoms with E-state index in [1.54, 1.807) is 18.2 Å². The maximum Gasteiger partial charge on any atom is 0.141 e. The third-order valence-electron chi connectivity index (χ3n) is 4.57. The fourth-order valence-electron chi connectivity index (χ4n) is 3.21. The van der Waals surface area contributed by atoms with Gasteiger partial charge >= 0.3 is 0 Å². The van der Waals surface area contributed by atoms with Gasteiger partial charge in [0.25, 0.3) is 0 Å². The Morgan fingerprint density at radius 2 is 1.93 bits per heavy atom. The molecule has 0 fully saturated rings. The van der Waals surface area contributed by atoms with Gasteiger partial charge in [0, 0.05) is 17.8 Å². The number of fused-ring (bicyclic) bond motifs is 1. The van der Waals surface area contributed by atoms with Gasteiger partial charge in [0.1, 0.15) is 24.2 Å². The van der Waals surface area contributed by atoms with Gasteiger partial charge in [-0.1, -0.05) is 24.3 Å². The molecule has 0 radical (unpaired) electrons. The standard InChI is InChI=1S/C22H17FN4/c23-18-6-4-17(5-7-18)21-10-19(11-24)27-22-9-15(3-8-20(21)22)1-2-16-12-25-14-26-13-16/h3-10,12-13,25H,1-2,14H2. The maximum atomic E-state index is 13.3. The quantitative estimate of drug-likeness (QED) is 0.755. The van der Waals surface area contributed by atoms with E-state index in [-0.39, 0.29) is 5.82 Å². The van der Waals surface area contributed by atoms with Crippen LogP contribution >= 0.6 is 0 Å². The zero-order valence-electron chi connectivity index (χ0n) is 14.6. The fourth-order valence-corrected chi connectivity index (χ4v) is 3.21. The van der Waals surface area contributed by atoms with Crippen molar-refractivity contribution in [2.24, 2.45) is 4.99 Å². The molecule has 2 aromatic carbocycles. The molecule has 1 aromatic heterocycles. The Morgan fingerprint density at radius 1 is 1.07 bits per heavy atom. The second kappa shape index (κ2) is 7.38. The van der Waals surface area contributed by atoms with Gasteiger partial charge in [-0.05, 0) is 59.4 Å². The SMILES string of the molecule is N#Cc1cc(-c2ccc(F)cc2)c2ccc(CCC3=CNCN=C3)cc2n1. The summed E-state index contributed by atoms with van der Waals surface area (Å²) < 4.78 is 13.3. The van der Waals surface area contributed by atoms with E-state index in [0.29, 0.717) is 12.4 Å². The maximum absolute atomic E-state index is 13.3. The van der Waals surface area contributed by atoms with E-state index in [9.17, 15) is 9.65 Å². The first kappa shape index (κ1) is 16.9. The summed E-state index contributed by atoms with van der Waals surface area (Å²) in [6.07, 6.45) is 5.63. The van der Waals surface area contributed by atoms with Gasteiger partial charge in [-0.3, -0.25) is 4.99 Å². The van der Waals surface area contributed by atoms with Crippen LogP contribution in [0.25, 0.3) is 22.0 Å². The number of nitrogens with one attached hydrogen (secondary N) is 1. The van der Waals surface area contributed by atoms with E-state index in [1.807, 2.05) is 24.5 Å². The second-order valence-corrected chi connectivity index (χ2v) is 6.42. The molecule has 0 bridgehead atoms. The molecular formula is C22H17FN4. The molecule has 27 heavy (non-hydrogen) atoms. The van der Waals surface area contributed by atoms with Gasteiger partial charge in [-0.15, -0.1) is 0 Å². The van der Waals surface area contributed by atoms with E-state index in [2.05, 4.69) is 27.4 Å². The summed E-state index contributed by atoms with van der Waals surface area (Å²) in [5, 5.41) is 13.4. The Labute approximate surface area is 156 Å². The molecule has 0 aliphatic carbocycles. The van der Waals surface area contributed by atoms with E-state index >= 15 is 0 Å². The fraction of sp³-hybridized carbons (Fsp3) is 0.136. The molecule has 4 rings (SSSR count). The molecule has 1 aliphatic heterocycles. The number of pyridine rings is 1. The summed E-state index contributed by atoms with van der Waals surface area (Å²) in [5.74, 6) is -0.282. The number of allylic oxidation sites excluding steroid dienone is 1. The van der Waals surface area contributed by atoms with Crippen LogP contribution in [0.15, 0.2) is 65.3 Å². The lowest BCUT2D eigenvalue weighted by Gasteiger charge is -2.11. The number of halogens is 1. The first-order chi connectivity index (χ1) is 13.2. The molecule has 4 nitrogen and oxygen atoms in total. The highest BCUT2D eigenvalue weighted by Crippen LogP contribution is 2.29. The molecule has 0 amide bonds. The Kier molecular flexibility index (Phi) is 4.63. The molecule has 2 heterocycles. The molecule has 0 spiro atoms. The van der Waals surface area contributed by atoms with Crippen LogP contribution in [0.5, 0.6) is 0 Å². The average molecular weight is 356 g/mol. The lowest BCUT2D eigenvalue weighted by molar-refractivity contribution is 0.628. The topological polar surface area (TPSA) is 61.1 Å². The molecule has 5 heteroatoms. The van der Waals surface area contributed by atoms with Crippen LogP contribution in [0.1, 0.15) is 17.7 Å². The van der Waals surface area contributed by atoms with Gasteiger partial charge in [0.15, 0.2) is 0 Å². The smallest absolute Gasteiger partial charge is 0.141 e. The molecule has 132 valence electrons. The van der Waals surface area contributed by atoms with Crippen LogP contribution in [-0.2, 0) is 6.42 Å². The molecule has 0 atom stereocenters. The lowest BCUT2D eigenvalue weighted by Crippen LogP contribution is -2.11. The van der Waals surface area contributed by atoms with Crippen molar-refractivity contribution in [2.45, 2.75) is 12.8 Å². The van der Waals surface area contributed by atoms with Crippen molar-refractivity contribution >= 4 is 17.1 Å². The van der Waals surface area contributed by atoms with Crippen molar-refractivity contribution in [3.05, 3.63) is 77.4 Å². The number of hydrogen-bond donors (Lipinski definition) is 1. The molecule has 3 aromatic rings. The third kappa shape index (κ3) is 3.70. The van der Waals surface area contributed by atoms with Gasteiger partial charge in [0.05, 0.1) is 5.52 Å². The molecule has 0 saturated carbocycles. The molecule has 1 aliphatic rings. The number of aryl methyl sites for hydroxylation is 1. The van der Waals surface area contributed by atoms with Crippen molar-refractivity contribution in [2.75, 3.05) is 6.67 Å². The number of benzene rings is 2. The third-order valence-corrected chi connectivity index (χ3v) is 4.57. The second-order valence-electron chi connectivity index (χ2n) is 6.42. The van der Waals surface area contributed by atoms with Crippen molar-refractivity contribution in [3.8, 4) is 17.2 Å². The van der Waals surface area contributed by atoms with Crippen LogP contribution in [0.2, 0.25) is 0 Å². The summed E-state index contributed by atoms with van der Waals surface area (Å²) in [5.41, 5.74) is 5.18. The van der Waals surface area contributed by atoms with Crippen LogP contribution < -0.4 is 5.32 Å². The minimum atomic E-state index is -0.282. The highest BCUT2D eigenvalue weighted by Gasteiger charge is 2.10. The predicted octanol–water partition coefficient (Wildman–Crippen LogP) is 4.36. The van der Waals surface area contributed by atoms with Gasteiger partial charge < -0.3 is 5.32 Å². The number of rotatable bonds is 4. The number of nitriles is 1. The van der Waals surface area contributed by atoms with Gasteiger partial charge in [0.2, 0.25) is 0 Å². The van der Waals surface area contributed by atoms with Crippen molar-refractivity contribution < 1.29 is 4.39 Å². The lowest BCUT2D eigenvalue weighted by atomic mass is 9.97. The minimum absolute atomic E-state index is 0.282. The van der Waals surface area contributed by atoms with Crippen LogP contribution in [0, 0.1) is 17.1 Å². The number of hydrogen-bond acceptors (Lipinski definition) is 4. The van der Waals surface area contributed by atoms with E-state index in [4.69, 9.17) is 0 Å². The summed E-state index contributed by atoms with van der Waals surface area (Å²) >= 11 is 0. The van der Waals surface area contributed by atoms with Crippen LogP contribution in [0.3, 0.4) is 0 Å². The Balaban J connectivity index is 1.70. The normalized spacial score (nSPS) is 13.1. The molecule has 0 saturated heterocycles. The van der Waals surface area contributed by atoms with E-state index < -0.39 is 0 Å². The Hall–Kier alpha value is -3.52. The first-order valence-corrected chi connectivity index (χ1v) is 8.75. The molecule has 0 unspecified atom stereocenters. The average Bonchev–Trinajstić information content (AvgIpc) is 2.72. The van der Waals surface area contributed by atoms with Crippen LogP contribution in [-0.4, -0.2) is 17.9 Å². The summed E-state index contributed by atoms with van der Waals surface area (Å²) in [6.45, 7) is 0.631. The highest BCUT2D eigenvalue weighted by molar-refractivity contribution is 5.95. The van der Waals surface area contributed by atoms with Gasteiger partial charge in [-0.25, -0.2) is 9.37 Å². The number of nitrogens with zero attached hydrogens (tertiary/aromatic N) is 3. The first-order valence-electron chi connectivity index (χ1n) is 8.75. The van der Waals surface area contributed by atoms with Crippen molar-refractivity contribution in [1.82, 2.24) is 10.3 Å². The van der Waals surface area contributed by atoms with Crippen molar-refractivity contribution in [3.63, 3.8) is 0 Å².